The molecule has 2 saturated heterocycles. The molecule has 3 N–H and O–H groups in total. The van der Waals surface area contributed by atoms with E-state index in [-0.39, 0.29) is 23.2 Å². The van der Waals surface area contributed by atoms with E-state index in [1.54, 1.807) is 0 Å². The van der Waals surface area contributed by atoms with Crippen LogP contribution in [-0.2, 0) is 17.6 Å². The molecule has 3 saturated carbocycles. The molecule has 36 heavy (non-hydrogen) atoms. The van der Waals surface area contributed by atoms with Crippen LogP contribution in [0.3, 0.4) is 0 Å². The van der Waals surface area contributed by atoms with Crippen LogP contribution in [0.5, 0.6) is 5.75 Å². The Balaban J connectivity index is 1.43. The standard InChI is InChI=1S/C33H47NO2/c1-21(2)14-22-10-12-32(18-22)19-23-15-25-8-9-27(35)17-24(25)6-5-7-29-30(34)28-11-13-33(29,26(16-23)20-32)36-31(28,3)4/h8-9,17,21-23,26,28-30,35H,6,10-16,18-20,34H2,1-4H3/t22-,23-,26-,28+,29-,30+,32-,33-/m1/s1. The first-order valence-electron chi connectivity index (χ1n) is 14.8. The molecule has 0 aromatic heterocycles. The van der Waals surface area contributed by atoms with E-state index in [2.05, 4.69) is 45.6 Å². The number of phenols is 1. The highest BCUT2D eigenvalue weighted by Crippen LogP contribution is 2.63. The van der Waals surface area contributed by atoms with Crippen LogP contribution in [0.2, 0.25) is 0 Å². The first-order chi connectivity index (χ1) is 17.1. The van der Waals surface area contributed by atoms with Gasteiger partial charge in [-0.15, -0.1) is 0 Å². The molecule has 4 aliphatic carbocycles. The topological polar surface area (TPSA) is 55.5 Å². The van der Waals surface area contributed by atoms with Gasteiger partial charge in [0, 0.05) is 18.4 Å². The lowest BCUT2D eigenvalue weighted by molar-refractivity contribution is -0.289. The van der Waals surface area contributed by atoms with Crippen molar-refractivity contribution in [1.82, 2.24) is 0 Å². The third kappa shape index (κ3) is 4.12. The largest absolute Gasteiger partial charge is 0.508 e. The molecule has 2 spiro atoms. The molecule has 3 heteroatoms. The summed E-state index contributed by atoms with van der Waals surface area (Å²) in [6.45, 7) is 9.35. The van der Waals surface area contributed by atoms with Crippen LogP contribution in [0.25, 0.3) is 0 Å². The van der Waals surface area contributed by atoms with E-state index in [0.29, 0.717) is 35.3 Å². The van der Waals surface area contributed by atoms with Crippen molar-refractivity contribution in [3.8, 4) is 17.6 Å². The molecule has 6 aliphatic rings. The molecule has 5 fully saturated rings. The van der Waals surface area contributed by atoms with Gasteiger partial charge >= 0.3 is 0 Å². The van der Waals surface area contributed by atoms with Crippen LogP contribution in [0.15, 0.2) is 18.2 Å². The predicted octanol–water partition coefficient (Wildman–Crippen LogP) is 6.64. The molecule has 1 aromatic rings. The van der Waals surface area contributed by atoms with E-state index in [0.717, 1.165) is 24.7 Å². The lowest BCUT2D eigenvalue weighted by Gasteiger charge is -2.64. The number of ether oxygens (including phenoxy) is 1. The highest BCUT2D eigenvalue weighted by Gasteiger charge is 2.64. The minimum Gasteiger partial charge on any atom is -0.508 e. The first kappa shape index (κ1) is 24.8. The minimum absolute atomic E-state index is 0.0768. The fourth-order valence-electron chi connectivity index (χ4n) is 9.96. The van der Waals surface area contributed by atoms with Crippen molar-refractivity contribution in [2.75, 3.05) is 0 Å². The summed E-state index contributed by atoms with van der Waals surface area (Å²) in [7, 11) is 0. The number of benzene rings is 1. The Kier molecular flexibility index (Phi) is 6.05. The minimum atomic E-state index is -0.217. The fourth-order valence-corrected chi connectivity index (χ4v) is 9.96. The van der Waals surface area contributed by atoms with E-state index in [9.17, 15) is 5.11 Å². The van der Waals surface area contributed by atoms with Crippen LogP contribution >= 0.6 is 0 Å². The lowest BCUT2D eigenvalue weighted by Crippen LogP contribution is -2.71. The molecule has 0 unspecified atom stereocenters. The second-order valence-electron chi connectivity index (χ2n) is 14.5. The van der Waals surface area contributed by atoms with Crippen molar-refractivity contribution in [2.45, 2.75) is 116 Å². The normalized spacial score (nSPS) is 42.8. The Hall–Kier alpha value is -1.50. The summed E-state index contributed by atoms with van der Waals surface area (Å²) in [4.78, 5) is 0. The van der Waals surface area contributed by atoms with Gasteiger partial charge in [0.1, 0.15) is 5.75 Å². The zero-order valence-corrected chi connectivity index (χ0v) is 23.0. The summed E-state index contributed by atoms with van der Waals surface area (Å²) < 4.78 is 7.26. The Morgan fingerprint density at radius 1 is 1.11 bits per heavy atom. The molecule has 4 bridgehead atoms. The smallest absolute Gasteiger partial charge is 0.115 e. The van der Waals surface area contributed by atoms with Crippen LogP contribution < -0.4 is 5.73 Å². The number of hydrogen-bond donors (Lipinski definition) is 2. The fraction of sp³-hybridized carbons (Fsp3) is 0.758. The molecule has 2 aliphatic heterocycles. The van der Waals surface area contributed by atoms with E-state index in [1.807, 2.05) is 12.1 Å². The molecule has 2 heterocycles. The average Bonchev–Trinajstić information content (AvgIpc) is 3.15. The summed E-state index contributed by atoms with van der Waals surface area (Å²) >= 11 is 0. The molecular formula is C33H47NO2. The first-order valence-corrected chi connectivity index (χ1v) is 14.8. The molecule has 0 amide bonds. The SMILES string of the molecule is CC(C)C[C@H]1CC[C@@]2(C1)C[C@@H]1Cc3ccc(O)cc3CC#C[C@@H]3[C@@H](N)[C@@H]4CC[C@@]3(OC4(C)C)[C@H](C1)C2. The highest BCUT2D eigenvalue weighted by molar-refractivity contribution is 5.38. The third-order valence-corrected chi connectivity index (χ3v) is 11.1. The van der Waals surface area contributed by atoms with Gasteiger partial charge in [-0.2, -0.15) is 0 Å². The van der Waals surface area contributed by atoms with Gasteiger partial charge in [-0.05, 0) is 130 Å². The lowest BCUT2D eigenvalue weighted by atomic mass is 9.51. The summed E-state index contributed by atoms with van der Waals surface area (Å²) in [6, 6.07) is 6.07. The van der Waals surface area contributed by atoms with Gasteiger partial charge in [0.05, 0.1) is 17.1 Å². The van der Waals surface area contributed by atoms with Gasteiger partial charge in [0.15, 0.2) is 0 Å². The number of nitrogens with two attached hydrogens (primary N) is 1. The zero-order chi connectivity index (χ0) is 25.3. The van der Waals surface area contributed by atoms with E-state index in [4.69, 9.17) is 10.5 Å². The molecule has 0 radical (unpaired) electrons. The Bertz CT molecular complexity index is 1070. The van der Waals surface area contributed by atoms with Crippen molar-refractivity contribution >= 4 is 0 Å². The maximum atomic E-state index is 10.3. The van der Waals surface area contributed by atoms with Crippen molar-refractivity contribution in [3.05, 3.63) is 29.3 Å². The molecule has 1 aromatic carbocycles. The Morgan fingerprint density at radius 2 is 1.94 bits per heavy atom. The van der Waals surface area contributed by atoms with Gasteiger partial charge in [0.2, 0.25) is 0 Å². The molecule has 7 rings (SSSR count). The zero-order valence-electron chi connectivity index (χ0n) is 23.0. The second kappa shape index (κ2) is 8.78. The summed E-state index contributed by atoms with van der Waals surface area (Å²) in [5.41, 5.74) is 9.72. The van der Waals surface area contributed by atoms with E-state index >= 15 is 0 Å². The van der Waals surface area contributed by atoms with Crippen molar-refractivity contribution in [2.24, 2.45) is 46.7 Å². The monoisotopic (exact) mass is 489 g/mol. The summed E-state index contributed by atoms with van der Waals surface area (Å²) in [6.07, 6.45) is 13.5. The quantitative estimate of drug-likeness (QED) is 0.458. The second-order valence-corrected chi connectivity index (χ2v) is 14.5. The highest BCUT2D eigenvalue weighted by atomic mass is 16.5. The van der Waals surface area contributed by atoms with Crippen molar-refractivity contribution in [1.29, 1.82) is 0 Å². The Morgan fingerprint density at radius 3 is 2.72 bits per heavy atom. The van der Waals surface area contributed by atoms with Crippen molar-refractivity contribution in [3.63, 3.8) is 0 Å². The number of phenolic OH excluding ortho intramolecular Hbond substituents is 1. The van der Waals surface area contributed by atoms with Crippen molar-refractivity contribution < 1.29 is 9.84 Å². The molecular weight excluding hydrogens is 442 g/mol. The number of fused-ring (bicyclic) bond motifs is 5. The number of aromatic hydroxyl groups is 1. The van der Waals surface area contributed by atoms with Gasteiger partial charge in [-0.25, -0.2) is 0 Å². The summed E-state index contributed by atoms with van der Waals surface area (Å²) in [5.74, 6) is 10.9. The van der Waals surface area contributed by atoms with Gasteiger partial charge in [-0.1, -0.05) is 31.8 Å². The van der Waals surface area contributed by atoms with Gasteiger partial charge < -0.3 is 15.6 Å². The molecule has 196 valence electrons. The third-order valence-electron chi connectivity index (χ3n) is 11.1. The summed E-state index contributed by atoms with van der Waals surface area (Å²) in [5, 5.41) is 10.3. The number of rotatable bonds is 2. The van der Waals surface area contributed by atoms with Crippen LogP contribution in [0.4, 0.5) is 0 Å². The van der Waals surface area contributed by atoms with Crippen LogP contribution in [0, 0.1) is 52.8 Å². The average molecular weight is 490 g/mol. The predicted molar refractivity (Wildman–Crippen MR) is 145 cm³/mol. The maximum Gasteiger partial charge on any atom is 0.115 e. The van der Waals surface area contributed by atoms with Crippen LogP contribution in [-0.4, -0.2) is 22.4 Å². The van der Waals surface area contributed by atoms with Gasteiger partial charge in [-0.3, -0.25) is 0 Å². The number of hydrogen-bond acceptors (Lipinski definition) is 3. The van der Waals surface area contributed by atoms with Crippen LogP contribution in [0.1, 0.15) is 96.6 Å². The van der Waals surface area contributed by atoms with E-state index < -0.39 is 0 Å². The van der Waals surface area contributed by atoms with Gasteiger partial charge in [0.25, 0.3) is 0 Å². The maximum absolute atomic E-state index is 10.3. The molecule has 3 nitrogen and oxygen atoms in total. The van der Waals surface area contributed by atoms with E-state index in [1.165, 1.54) is 62.5 Å². The Labute approximate surface area is 219 Å². The molecule has 8 atom stereocenters.